The van der Waals surface area contributed by atoms with Crippen LogP contribution in [0.5, 0.6) is 0 Å². The van der Waals surface area contributed by atoms with Crippen molar-refractivity contribution in [2.24, 2.45) is 5.92 Å². The summed E-state index contributed by atoms with van der Waals surface area (Å²) in [6, 6.07) is 10.2. The molecule has 0 saturated heterocycles. The lowest BCUT2D eigenvalue weighted by Gasteiger charge is -2.27. The van der Waals surface area contributed by atoms with Crippen LogP contribution < -0.4 is 5.32 Å². The topological polar surface area (TPSA) is 66.4 Å². The van der Waals surface area contributed by atoms with Crippen molar-refractivity contribution in [3.05, 3.63) is 35.9 Å². The average molecular weight is 291 g/mol. The number of aliphatic carboxylic acids is 1. The van der Waals surface area contributed by atoms with E-state index in [9.17, 15) is 9.59 Å². The minimum absolute atomic E-state index is 0.0257. The van der Waals surface area contributed by atoms with Gasteiger partial charge in [-0.25, -0.2) is 0 Å². The van der Waals surface area contributed by atoms with E-state index in [1.807, 2.05) is 32.0 Å². The Morgan fingerprint density at radius 3 is 2.38 bits per heavy atom. The summed E-state index contributed by atoms with van der Waals surface area (Å²) >= 11 is 0. The molecule has 0 aliphatic heterocycles. The highest BCUT2D eigenvalue weighted by molar-refractivity contribution is 5.77. The molecule has 0 aromatic heterocycles. The standard InChI is InChI=1S/C17H25NO3/c1-13(12-16(20)21)11-15(19)18-17(2,3)10-9-14-7-5-4-6-8-14/h4-8,13H,9-12H2,1-3H3,(H,18,19)(H,20,21). The highest BCUT2D eigenvalue weighted by Crippen LogP contribution is 2.15. The third kappa shape index (κ3) is 7.49. The van der Waals surface area contributed by atoms with E-state index in [2.05, 4.69) is 17.4 Å². The molecule has 1 unspecified atom stereocenters. The van der Waals surface area contributed by atoms with Gasteiger partial charge in [0.25, 0.3) is 0 Å². The summed E-state index contributed by atoms with van der Waals surface area (Å²) in [5.74, 6) is -1.09. The Balaban J connectivity index is 2.40. The molecule has 116 valence electrons. The predicted molar refractivity (Wildman–Crippen MR) is 83.0 cm³/mol. The number of carbonyl (C=O) groups is 2. The molecule has 2 N–H and O–H groups in total. The van der Waals surface area contributed by atoms with E-state index in [4.69, 9.17) is 5.11 Å². The van der Waals surface area contributed by atoms with Gasteiger partial charge in [0.15, 0.2) is 0 Å². The SMILES string of the molecule is CC(CC(=O)O)CC(=O)NC(C)(C)CCc1ccccc1. The molecule has 4 nitrogen and oxygen atoms in total. The lowest BCUT2D eigenvalue weighted by molar-refractivity contribution is -0.138. The van der Waals surface area contributed by atoms with Crippen molar-refractivity contribution in [2.75, 3.05) is 0 Å². The molecule has 1 aromatic rings. The molecule has 0 aliphatic rings. The molecule has 21 heavy (non-hydrogen) atoms. The van der Waals surface area contributed by atoms with Crippen molar-refractivity contribution in [1.82, 2.24) is 5.32 Å². The lowest BCUT2D eigenvalue weighted by Crippen LogP contribution is -2.44. The number of carboxylic acids is 1. The Bertz CT molecular complexity index is 468. The second kappa shape index (κ2) is 7.81. The fourth-order valence-corrected chi connectivity index (χ4v) is 2.28. The Kier molecular flexibility index (Phi) is 6.40. The average Bonchev–Trinajstić information content (AvgIpc) is 2.35. The maximum Gasteiger partial charge on any atom is 0.303 e. The number of nitrogens with one attached hydrogen (secondary N) is 1. The first-order valence-corrected chi connectivity index (χ1v) is 7.35. The van der Waals surface area contributed by atoms with Crippen LogP contribution in [0.1, 0.15) is 45.6 Å². The summed E-state index contributed by atoms with van der Waals surface area (Å²) in [4.78, 5) is 22.6. The zero-order valence-corrected chi connectivity index (χ0v) is 13.1. The van der Waals surface area contributed by atoms with Gasteiger partial charge in [0.1, 0.15) is 0 Å². The smallest absolute Gasteiger partial charge is 0.303 e. The van der Waals surface area contributed by atoms with Crippen LogP contribution in [-0.2, 0) is 16.0 Å². The maximum absolute atomic E-state index is 12.0. The molecule has 1 rings (SSSR count). The molecule has 1 amide bonds. The summed E-state index contributed by atoms with van der Waals surface area (Å²) < 4.78 is 0. The van der Waals surface area contributed by atoms with Gasteiger partial charge in [0.05, 0.1) is 0 Å². The van der Waals surface area contributed by atoms with Gasteiger partial charge in [-0.1, -0.05) is 37.3 Å². The summed E-state index contributed by atoms with van der Waals surface area (Å²) in [7, 11) is 0. The van der Waals surface area contributed by atoms with E-state index < -0.39 is 5.97 Å². The Morgan fingerprint density at radius 2 is 1.81 bits per heavy atom. The number of hydrogen-bond acceptors (Lipinski definition) is 2. The second-order valence-corrected chi connectivity index (χ2v) is 6.32. The van der Waals surface area contributed by atoms with Crippen LogP contribution in [0.15, 0.2) is 30.3 Å². The first-order valence-electron chi connectivity index (χ1n) is 7.35. The third-order valence-corrected chi connectivity index (χ3v) is 3.42. The molecule has 0 fully saturated rings. The van der Waals surface area contributed by atoms with E-state index in [-0.39, 0.29) is 30.2 Å². The van der Waals surface area contributed by atoms with E-state index in [1.54, 1.807) is 6.92 Å². The van der Waals surface area contributed by atoms with E-state index >= 15 is 0 Å². The van der Waals surface area contributed by atoms with Crippen LogP contribution in [-0.4, -0.2) is 22.5 Å². The lowest BCUT2D eigenvalue weighted by atomic mass is 9.94. The largest absolute Gasteiger partial charge is 0.481 e. The molecule has 0 heterocycles. The Morgan fingerprint density at radius 1 is 1.19 bits per heavy atom. The van der Waals surface area contributed by atoms with Gasteiger partial charge in [0.2, 0.25) is 5.91 Å². The van der Waals surface area contributed by atoms with Gasteiger partial charge < -0.3 is 10.4 Å². The summed E-state index contributed by atoms with van der Waals surface area (Å²) in [5, 5.41) is 11.7. The highest BCUT2D eigenvalue weighted by atomic mass is 16.4. The first kappa shape index (κ1) is 17.2. The van der Waals surface area contributed by atoms with Crippen molar-refractivity contribution in [3.8, 4) is 0 Å². The van der Waals surface area contributed by atoms with Crippen LogP contribution >= 0.6 is 0 Å². The zero-order chi connectivity index (χ0) is 15.9. The molecule has 0 radical (unpaired) electrons. The van der Waals surface area contributed by atoms with Crippen molar-refractivity contribution in [2.45, 2.75) is 52.0 Å². The molecule has 1 aromatic carbocycles. The summed E-state index contributed by atoms with van der Waals surface area (Å²) in [6.45, 7) is 5.77. The van der Waals surface area contributed by atoms with Crippen LogP contribution in [0.4, 0.5) is 0 Å². The minimum Gasteiger partial charge on any atom is -0.481 e. The van der Waals surface area contributed by atoms with Crippen LogP contribution in [0.25, 0.3) is 0 Å². The molecule has 0 spiro atoms. The Hall–Kier alpha value is -1.84. The maximum atomic E-state index is 12.0. The molecular weight excluding hydrogens is 266 g/mol. The van der Waals surface area contributed by atoms with Crippen LogP contribution in [0, 0.1) is 5.92 Å². The van der Waals surface area contributed by atoms with Crippen molar-refractivity contribution in [1.29, 1.82) is 0 Å². The van der Waals surface area contributed by atoms with Gasteiger partial charge in [0, 0.05) is 18.4 Å². The molecule has 0 aliphatic carbocycles. The molecule has 4 heteroatoms. The summed E-state index contributed by atoms with van der Waals surface area (Å²) in [6.07, 6.45) is 2.02. The van der Waals surface area contributed by atoms with Crippen molar-refractivity contribution in [3.63, 3.8) is 0 Å². The number of hydrogen-bond donors (Lipinski definition) is 2. The predicted octanol–water partition coefficient (Wildman–Crippen LogP) is 3.01. The number of aryl methyl sites for hydroxylation is 1. The quantitative estimate of drug-likeness (QED) is 0.773. The molecule has 0 saturated carbocycles. The van der Waals surface area contributed by atoms with E-state index in [1.165, 1.54) is 5.56 Å². The van der Waals surface area contributed by atoms with E-state index in [0.717, 1.165) is 12.8 Å². The summed E-state index contributed by atoms with van der Waals surface area (Å²) in [5.41, 5.74) is 0.953. The highest BCUT2D eigenvalue weighted by Gasteiger charge is 2.21. The molecule has 0 bridgehead atoms. The fourth-order valence-electron chi connectivity index (χ4n) is 2.28. The minimum atomic E-state index is -0.862. The van der Waals surface area contributed by atoms with E-state index in [0.29, 0.717) is 0 Å². The van der Waals surface area contributed by atoms with Gasteiger partial charge in [-0.15, -0.1) is 0 Å². The van der Waals surface area contributed by atoms with Gasteiger partial charge in [-0.3, -0.25) is 9.59 Å². The number of benzene rings is 1. The Labute approximate surface area is 126 Å². The van der Waals surface area contributed by atoms with Crippen LogP contribution in [0.3, 0.4) is 0 Å². The number of carboxylic acid groups (broad SMARTS) is 1. The van der Waals surface area contributed by atoms with Crippen molar-refractivity contribution < 1.29 is 14.7 Å². The number of carbonyl (C=O) groups excluding carboxylic acids is 1. The monoisotopic (exact) mass is 291 g/mol. The zero-order valence-electron chi connectivity index (χ0n) is 13.1. The molecule has 1 atom stereocenters. The number of rotatable bonds is 8. The normalized spacial score (nSPS) is 12.7. The van der Waals surface area contributed by atoms with Crippen molar-refractivity contribution >= 4 is 11.9 Å². The first-order chi connectivity index (χ1) is 9.78. The molecular formula is C17H25NO3. The van der Waals surface area contributed by atoms with Gasteiger partial charge in [-0.05, 0) is 38.2 Å². The second-order valence-electron chi connectivity index (χ2n) is 6.32. The fraction of sp³-hybridized carbons (Fsp3) is 0.529. The van der Waals surface area contributed by atoms with Gasteiger partial charge >= 0.3 is 5.97 Å². The number of amides is 1. The van der Waals surface area contributed by atoms with Gasteiger partial charge in [-0.2, -0.15) is 0 Å². The third-order valence-electron chi connectivity index (χ3n) is 3.42. The van der Waals surface area contributed by atoms with Crippen LogP contribution in [0.2, 0.25) is 0 Å².